The van der Waals surface area contributed by atoms with E-state index in [-0.39, 0.29) is 6.04 Å². The third-order valence-electron chi connectivity index (χ3n) is 5.08. The summed E-state index contributed by atoms with van der Waals surface area (Å²) in [6.07, 6.45) is 5.21. The van der Waals surface area contributed by atoms with E-state index in [2.05, 4.69) is 39.0 Å². The topological polar surface area (TPSA) is 35.2 Å². The second kappa shape index (κ2) is 4.52. The lowest BCUT2D eigenvalue weighted by Crippen LogP contribution is -2.29. The number of nitrogens with two attached hydrogens (primary N) is 1. The van der Waals surface area contributed by atoms with E-state index in [0.29, 0.717) is 17.4 Å². The molecule has 2 heteroatoms. The minimum atomic E-state index is 0.165. The summed E-state index contributed by atoms with van der Waals surface area (Å²) in [5, 5.41) is 0. The van der Waals surface area contributed by atoms with Gasteiger partial charge in [-0.2, -0.15) is 0 Å². The van der Waals surface area contributed by atoms with Crippen molar-refractivity contribution in [2.45, 2.75) is 58.6 Å². The summed E-state index contributed by atoms with van der Waals surface area (Å²) < 4.78 is 5.77. The van der Waals surface area contributed by atoms with E-state index in [0.717, 1.165) is 12.2 Å². The van der Waals surface area contributed by atoms with Crippen LogP contribution in [0.1, 0.15) is 57.2 Å². The Morgan fingerprint density at radius 1 is 1.37 bits per heavy atom. The Bertz CT molecular complexity index is 480. The summed E-state index contributed by atoms with van der Waals surface area (Å²) in [4.78, 5) is 0. The van der Waals surface area contributed by atoms with Crippen LogP contribution in [0.5, 0.6) is 5.75 Å². The normalized spacial score (nSPS) is 29.9. The van der Waals surface area contributed by atoms with Gasteiger partial charge in [0.25, 0.3) is 0 Å². The predicted octanol–water partition coefficient (Wildman–Crippen LogP) is 3.84. The zero-order chi connectivity index (χ0) is 13.6. The van der Waals surface area contributed by atoms with Crippen molar-refractivity contribution in [2.24, 2.45) is 17.1 Å². The van der Waals surface area contributed by atoms with Gasteiger partial charge in [-0.1, -0.05) is 32.4 Å². The lowest BCUT2D eigenvalue weighted by Gasteiger charge is -2.32. The van der Waals surface area contributed by atoms with Crippen LogP contribution < -0.4 is 10.5 Å². The van der Waals surface area contributed by atoms with Gasteiger partial charge in [0.05, 0.1) is 0 Å². The maximum Gasteiger partial charge on any atom is 0.123 e. The summed E-state index contributed by atoms with van der Waals surface area (Å²) in [5.74, 6) is 1.65. The van der Waals surface area contributed by atoms with Crippen molar-refractivity contribution >= 4 is 0 Å². The molecular weight excluding hydrogens is 234 g/mol. The minimum absolute atomic E-state index is 0.165. The third-order valence-corrected chi connectivity index (χ3v) is 5.08. The molecule has 0 radical (unpaired) electrons. The average molecular weight is 259 g/mol. The molecule has 1 heterocycles. The molecular formula is C17H25NO. The molecule has 3 unspecified atom stereocenters. The number of rotatable bonds is 2. The quantitative estimate of drug-likeness (QED) is 0.876. The smallest absolute Gasteiger partial charge is 0.123 e. The first-order valence-electron chi connectivity index (χ1n) is 7.52. The van der Waals surface area contributed by atoms with E-state index < -0.39 is 0 Å². The van der Waals surface area contributed by atoms with Crippen LogP contribution >= 0.6 is 0 Å². The first kappa shape index (κ1) is 13.0. The largest absolute Gasteiger partial charge is 0.490 e. The van der Waals surface area contributed by atoms with Crippen LogP contribution in [0.2, 0.25) is 0 Å². The van der Waals surface area contributed by atoms with Crippen LogP contribution in [0.15, 0.2) is 18.2 Å². The van der Waals surface area contributed by atoms with Gasteiger partial charge in [0.15, 0.2) is 0 Å². The SMILES string of the molecule is CC1Cc2cc(C(N)C3CCCC3(C)C)ccc2O1. The fourth-order valence-corrected chi connectivity index (χ4v) is 3.90. The van der Waals surface area contributed by atoms with Crippen LogP contribution in [0.4, 0.5) is 0 Å². The highest BCUT2D eigenvalue weighted by atomic mass is 16.5. The molecule has 1 aromatic rings. The molecule has 2 N–H and O–H groups in total. The Hall–Kier alpha value is -1.02. The van der Waals surface area contributed by atoms with E-state index in [1.165, 1.54) is 30.4 Å². The summed E-state index contributed by atoms with van der Waals surface area (Å²) in [7, 11) is 0. The van der Waals surface area contributed by atoms with Gasteiger partial charge < -0.3 is 10.5 Å². The highest BCUT2D eigenvalue weighted by molar-refractivity contribution is 5.41. The monoisotopic (exact) mass is 259 g/mol. The van der Waals surface area contributed by atoms with Crippen LogP contribution in [0.25, 0.3) is 0 Å². The number of hydrogen-bond donors (Lipinski definition) is 1. The van der Waals surface area contributed by atoms with E-state index in [9.17, 15) is 0 Å². The van der Waals surface area contributed by atoms with Crippen LogP contribution in [0, 0.1) is 11.3 Å². The van der Waals surface area contributed by atoms with Gasteiger partial charge in [-0.15, -0.1) is 0 Å². The van der Waals surface area contributed by atoms with Gasteiger partial charge in [0, 0.05) is 12.5 Å². The lowest BCUT2D eigenvalue weighted by atomic mass is 9.75. The Morgan fingerprint density at radius 3 is 2.84 bits per heavy atom. The molecule has 3 atom stereocenters. The molecule has 0 saturated heterocycles. The first-order valence-corrected chi connectivity index (χ1v) is 7.52. The molecule has 1 aliphatic heterocycles. The second-order valence-electron chi connectivity index (χ2n) is 7.01. The summed E-state index contributed by atoms with van der Waals surface area (Å²) in [5.41, 5.74) is 9.56. The Balaban J connectivity index is 1.85. The van der Waals surface area contributed by atoms with Gasteiger partial charge >= 0.3 is 0 Å². The molecule has 1 aliphatic carbocycles. The average Bonchev–Trinajstić information content (AvgIpc) is 2.88. The van der Waals surface area contributed by atoms with Crippen molar-refractivity contribution in [1.29, 1.82) is 0 Å². The Labute approximate surface area is 116 Å². The summed E-state index contributed by atoms with van der Waals surface area (Å²) >= 11 is 0. The highest BCUT2D eigenvalue weighted by Gasteiger charge is 2.38. The van der Waals surface area contributed by atoms with Crippen LogP contribution in [0.3, 0.4) is 0 Å². The molecule has 1 aromatic carbocycles. The molecule has 19 heavy (non-hydrogen) atoms. The molecule has 104 valence electrons. The number of hydrogen-bond acceptors (Lipinski definition) is 2. The Kier molecular flexibility index (Phi) is 3.09. The van der Waals surface area contributed by atoms with Crippen molar-refractivity contribution in [1.82, 2.24) is 0 Å². The maximum atomic E-state index is 6.56. The molecule has 3 rings (SSSR count). The van der Waals surface area contributed by atoms with Gasteiger partial charge in [-0.25, -0.2) is 0 Å². The molecule has 2 nitrogen and oxygen atoms in total. The van der Waals surface area contributed by atoms with Crippen molar-refractivity contribution in [3.05, 3.63) is 29.3 Å². The lowest BCUT2D eigenvalue weighted by molar-refractivity contribution is 0.222. The van der Waals surface area contributed by atoms with Crippen molar-refractivity contribution in [3.63, 3.8) is 0 Å². The molecule has 1 saturated carbocycles. The molecule has 0 amide bonds. The zero-order valence-corrected chi connectivity index (χ0v) is 12.3. The van der Waals surface area contributed by atoms with E-state index >= 15 is 0 Å². The molecule has 0 spiro atoms. The van der Waals surface area contributed by atoms with E-state index in [4.69, 9.17) is 10.5 Å². The van der Waals surface area contributed by atoms with Crippen LogP contribution in [-0.2, 0) is 6.42 Å². The van der Waals surface area contributed by atoms with E-state index in [1.54, 1.807) is 0 Å². The van der Waals surface area contributed by atoms with Crippen molar-refractivity contribution in [3.8, 4) is 5.75 Å². The van der Waals surface area contributed by atoms with Gasteiger partial charge in [-0.3, -0.25) is 0 Å². The maximum absolute atomic E-state index is 6.56. The number of ether oxygens (including phenoxy) is 1. The van der Waals surface area contributed by atoms with E-state index in [1.807, 2.05) is 0 Å². The van der Waals surface area contributed by atoms with Crippen molar-refractivity contribution < 1.29 is 4.74 Å². The zero-order valence-electron chi connectivity index (χ0n) is 12.3. The van der Waals surface area contributed by atoms with Crippen molar-refractivity contribution in [2.75, 3.05) is 0 Å². The predicted molar refractivity (Wildman–Crippen MR) is 78.3 cm³/mol. The molecule has 1 fully saturated rings. The summed E-state index contributed by atoms with van der Waals surface area (Å²) in [6, 6.07) is 6.71. The molecule has 0 bridgehead atoms. The number of fused-ring (bicyclic) bond motifs is 1. The molecule has 0 aromatic heterocycles. The number of benzene rings is 1. The first-order chi connectivity index (χ1) is 8.97. The fraction of sp³-hybridized carbons (Fsp3) is 0.647. The van der Waals surface area contributed by atoms with Crippen LogP contribution in [-0.4, -0.2) is 6.10 Å². The minimum Gasteiger partial charge on any atom is -0.490 e. The second-order valence-corrected chi connectivity index (χ2v) is 7.01. The summed E-state index contributed by atoms with van der Waals surface area (Å²) in [6.45, 7) is 6.85. The molecule has 2 aliphatic rings. The standard InChI is InChI=1S/C17H25NO/c1-11-9-13-10-12(6-7-15(13)19-11)16(18)14-5-4-8-17(14,2)3/h6-7,10-11,14,16H,4-5,8-9,18H2,1-3H3. The fourth-order valence-electron chi connectivity index (χ4n) is 3.90. The Morgan fingerprint density at radius 2 is 2.16 bits per heavy atom. The van der Waals surface area contributed by atoms with Gasteiger partial charge in [-0.05, 0) is 48.3 Å². The third kappa shape index (κ3) is 2.27. The highest BCUT2D eigenvalue weighted by Crippen LogP contribution is 2.48. The van der Waals surface area contributed by atoms with Gasteiger partial charge in [0.1, 0.15) is 11.9 Å². The van der Waals surface area contributed by atoms with Gasteiger partial charge in [0.2, 0.25) is 0 Å².